The molecular formula is C19H14BrN3O3S2. The Labute approximate surface area is 174 Å². The summed E-state index contributed by atoms with van der Waals surface area (Å²) in [6.45, 7) is 1.80. The first kappa shape index (κ1) is 18.9. The van der Waals surface area contributed by atoms with E-state index in [4.69, 9.17) is 0 Å². The monoisotopic (exact) mass is 475 g/mol. The summed E-state index contributed by atoms with van der Waals surface area (Å²) in [5.41, 5.74) is 2.01. The average molecular weight is 476 g/mol. The van der Waals surface area contributed by atoms with E-state index in [2.05, 4.69) is 25.6 Å². The first-order valence-corrected chi connectivity index (χ1v) is 11.4. The third-order valence-corrected chi connectivity index (χ3v) is 6.79. The van der Waals surface area contributed by atoms with Crippen molar-refractivity contribution in [2.24, 2.45) is 0 Å². The lowest BCUT2D eigenvalue weighted by Crippen LogP contribution is -2.13. The summed E-state index contributed by atoms with van der Waals surface area (Å²) in [7, 11) is -3.72. The maximum absolute atomic E-state index is 12.9. The Hall–Kier alpha value is -2.49. The minimum absolute atomic E-state index is 0.150. The van der Waals surface area contributed by atoms with Crippen molar-refractivity contribution in [2.45, 2.75) is 11.8 Å². The van der Waals surface area contributed by atoms with Crippen molar-refractivity contribution in [1.29, 1.82) is 0 Å². The second kappa shape index (κ2) is 7.16. The van der Waals surface area contributed by atoms with E-state index in [1.54, 1.807) is 47.7 Å². The van der Waals surface area contributed by atoms with Gasteiger partial charge in [0.2, 0.25) is 5.78 Å². The Morgan fingerprint density at radius 2 is 1.93 bits per heavy atom. The molecule has 4 rings (SSSR count). The number of aryl methyl sites for hydroxylation is 1. The minimum Gasteiger partial charge on any atom is -0.287 e. The zero-order valence-corrected chi connectivity index (χ0v) is 17.8. The highest BCUT2D eigenvalue weighted by molar-refractivity contribution is 9.10. The zero-order valence-electron chi connectivity index (χ0n) is 14.6. The zero-order chi connectivity index (χ0) is 19.9. The van der Waals surface area contributed by atoms with Crippen molar-refractivity contribution < 1.29 is 13.2 Å². The number of hydrogen-bond acceptors (Lipinski definition) is 5. The van der Waals surface area contributed by atoms with Crippen LogP contribution in [0.3, 0.4) is 0 Å². The topological polar surface area (TPSA) is 80.5 Å². The van der Waals surface area contributed by atoms with E-state index in [9.17, 15) is 13.2 Å². The lowest BCUT2D eigenvalue weighted by atomic mass is 10.1. The van der Waals surface area contributed by atoms with Gasteiger partial charge in [-0.1, -0.05) is 22.0 Å². The summed E-state index contributed by atoms with van der Waals surface area (Å²) < 4.78 is 30.0. The van der Waals surface area contributed by atoms with Crippen molar-refractivity contribution in [3.63, 3.8) is 0 Å². The number of aromatic nitrogens is 2. The largest absolute Gasteiger partial charge is 0.287 e. The fourth-order valence-electron chi connectivity index (χ4n) is 2.84. The van der Waals surface area contributed by atoms with Gasteiger partial charge in [-0.05, 0) is 49.4 Å². The van der Waals surface area contributed by atoms with Crippen molar-refractivity contribution in [2.75, 3.05) is 4.72 Å². The molecule has 142 valence electrons. The fourth-order valence-corrected chi connectivity index (χ4v) is 5.26. The summed E-state index contributed by atoms with van der Waals surface area (Å²) in [6, 6.07) is 12.8. The van der Waals surface area contributed by atoms with Gasteiger partial charge in [-0.25, -0.2) is 13.4 Å². The molecule has 0 fully saturated rings. The van der Waals surface area contributed by atoms with Crippen molar-refractivity contribution in [3.05, 3.63) is 81.5 Å². The summed E-state index contributed by atoms with van der Waals surface area (Å²) in [5, 5.41) is 1.87. The van der Waals surface area contributed by atoms with E-state index < -0.39 is 10.0 Å². The van der Waals surface area contributed by atoms with E-state index in [1.165, 1.54) is 23.5 Å². The number of sulfonamides is 1. The lowest BCUT2D eigenvalue weighted by Gasteiger charge is -2.09. The molecule has 4 aromatic rings. The van der Waals surface area contributed by atoms with Gasteiger partial charge in [-0.15, -0.1) is 11.3 Å². The third kappa shape index (κ3) is 3.48. The Balaban J connectivity index is 1.60. The molecule has 0 unspecified atom stereocenters. The van der Waals surface area contributed by atoms with Crippen LogP contribution in [0, 0.1) is 6.92 Å². The number of anilines is 1. The molecule has 0 saturated carbocycles. The quantitative estimate of drug-likeness (QED) is 0.430. The summed E-state index contributed by atoms with van der Waals surface area (Å²) in [5.74, 6) is -0.162. The molecule has 0 aliphatic heterocycles. The molecule has 0 aliphatic rings. The van der Waals surface area contributed by atoms with Crippen molar-refractivity contribution in [1.82, 2.24) is 9.38 Å². The molecule has 6 nitrogen and oxygen atoms in total. The number of imidazole rings is 1. The van der Waals surface area contributed by atoms with Gasteiger partial charge in [-0.3, -0.25) is 13.9 Å². The van der Waals surface area contributed by atoms with Crippen LogP contribution in [0.5, 0.6) is 0 Å². The first-order chi connectivity index (χ1) is 13.3. The number of carbonyl (C=O) groups excluding carboxylic acids is 1. The summed E-state index contributed by atoms with van der Waals surface area (Å²) in [4.78, 5) is 18.2. The first-order valence-electron chi connectivity index (χ1n) is 8.20. The number of thiazole rings is 1. The second-order valence-corrected chi connectivity index (χ2v) is 9.54. The number of rotatable bonds is 5. The summed E-state index contributed by atoms with van der Waals surface area (Å²) >= 11 is 4.73. The molecule has 1 N–H and O–H groups in total. The van der Waals surface area contributed by atoms with Crippen LogP contribution >= 0.6 is 27.3 Å². The molecule has 2 heterocycles. The highest BCUT2D eigenvalue weighted by Gasteiger charge is 2.19. The number of carbonyl (C=O) groups is 1. The number of ketones is 1. The average Bonchev–Trinajstić information content (AvgIpc) is 3.21. The molecule has 2 aromatic carbocycles. The Bertz CT molecular complexity index is 1290. The number of nitrogens with zero attached hydrogens (tertiary/aromatic N) is 2. The van der Waals surface area contributed by atoms with Crippen LogP contribution in [0.1, 0.15) is 21.7 Å². The lowest BCUT2D eigenvalue weighted by molar-refractivity contribution is 0.103. The van der Waals surface area contributed by atoms with Crippen LogP contribution < -0.4 is 4.72 Å². The van der Waals surface area contributed by atoms with Gasteiger partial charge >= 0.3 is 0 Å². The molecule has 0 aliphatic carbocycles. The van der Waals surface area contributed by atoms with Crippen LogP contribution in [-0.4, -0.2) is 23.6 Å². The number of halogens is 1. The molecule has 0 spiro atoms. The normalized spacial score (nSPS) is 11.6. The standard InChI is InChI=1S/C19H14BrN3O3S2/c1-12-17(23-9-10-27-19(23)21-12)18(24)13-5-7-15(8-6-13)22-28(25,26)16-4-2-3-14(20)11-16/h2-11,22H,1H3. The molecule has 0 amide bonds. The van der Waals surface area contributed by atoms with Crippen LogP contribution in [0.25, 0.3) is 4.96 Å². The Morgan fingerprint density at radius 1 is 1.18 bits per heavy atom. The third-order valence-electron chi connectivity index (χ3n) is 4.16. The van der Waals surface area contributed by atoms with Gasteiger partial charge in [-0.2, -0.15) is 0 Å². The second-order valence-electron chi connectivity index (χ2n) is 6.07. The molecule has 28 heavy (non-hydrogen) atoms. The van der Waals surface area contributed by atoms with Gasteiger partial charge in [0.1, 0.15) is 5.69 Å². The summed E-state index contributed by atoms with van der Waals surface area (Å²) in [6.07, 6.45) is 1.81. The van der Waals surface area contributed by atoms with E-state index >= 15 is 0 Å². The predicted molar refractivity (Wildman–Crippen MR) is 113 cm³/mol. The molecular weight excluding hydrogens is 462 g/mol. The highest BCUT2D eigenvalue weighted by atomic mass is 79.9. The molecule has 0 saturated heterocycles. The molecule has 0 bridgehead atoms. The van der Waals surface area contributed by atoms with Gasteiger partial charge in [0.25, 0.3) is 10.0 Å². The maximum Gasteiger partial charge on any atom is 0.261 e. The van der Waals surface area contributed by atoms with Crippen LogP contribution in [0.15, 0.2) is 69.5 Å². The Kier molecular flexibility index (Phi) is 4.82. The number of nitrogens with one attached hydrogen (secondary N) is 1. The van der Waals surface area contributed by atoms with Crippen molar-refractivity contribution in [3.8, 4) is 0 Å². The van der Waals surface area contributed by atoms with E-state index in [0.717, 1.165) is 4.96 Å². The number of hydrogen-bond donors (Lipinski definition) is 1. The van der Waals surface area contributed by atoms with E-state index in [1.807, 2.05) is 11.6 Å². The number of benzene rings is 2. The van der Waals surface area contributed by atoms with E-state index in [0.29, 0.717) is 27.1 Å². The minimum atomic E-state index is -3.72. The van der Waals surface area contributed by atoms with Gasteiger partial charge in [0.15, 0.2) is 4.96 Å². The maximum atomic E-state index is 12.9. The smallest absolute Gasteiger partial charge is 0.261 e. The van der Waals surface area contributed by atoms with Crippen LogP contribution in [0.2, 0.25) is 0 Å². The van der Waals surface area contributed by atoms with Crippen molar-refractivity contribution >= 4 is 53.7 Å². The van der Waals surface area contributed by atoms with Crippen LogP contribution in [-0.2, 0) is 10.0 Å². The molecule has 0 atom stereocenters. The predicted octanol–water partition coefficient (Wildman–Crippen LogP) is 4.50. The highest BCUT2D eigenvalue weighted by Crippen LogP contribution is 2.23. The van der Waals surface area contributed by atoms with Gasteiger partial charge < -0.3 is 0 Å². The van der Waals surface area contributed by atoms with Gasteiger partial charge in [0, 0.05) is 27.3 Å². The van der Waals surface area contributed by atoms with Gasteiger partial charge in [0.05, 0.1) is 10.6 Å². The Morgan fingerprint density at radius 3 is 2.64 bits per heavy atom. The number of fused-ring (bicyclic) bond motifs is 1. The molecule has 9 heteroatoms. The molecule has 2 aromatic heterocycles. The fraction of sp³-hybridized carbons (Fsp3) is 0.0526. The van der Waals surface area contributed by atoms with Crippen LogP contribution in [0.4, 0.5) is 5.69 Å². The molecule has 0 radical (unpaired) electrons. The SMILES string of the molecule is Cc1nc2sccn2c1C(=O)c1ccc(NS(=O)(=O)c2cccc(Br)c2)cc1. The van der Waals surface area contributed by atoms with E-state index in [-0.39, 0.29) is 10.7 Å².